The summed E-state index contributed by atoms with van der Waals surface area (Å²) in [6, 6.07) is 0. The average Bonchev–Trinajstić information content (AvgIpc) is 2.62. The van der Waals surface area contributed by atoms with Gasteiger partial charge >= 0.3 is 0 Å². The number of hydrogen-bond donors (Lipinski definition) is 6. The highest BCUT2D eigenvalue weighted by Crippen LogP contribution is 2.09. The van der Waals surface area contributed by atoms with Crippen LogP contribution in [0.3, 0.4) is 0 Å². The third-order valence-corrected chi connectivity index (χ3v) is 3.06. The molecule has 0 atom stereocenters. The van der Waals surface area contributed by atoms with Gasteiger partial charge in [-0.3, -0.25) is 0 Å². The second-order valence-corrected chi connectivity index (χ2v) is 5.33. The van der Waals surface area contributed by atoms with E-state index in [4.69, 9.17) is 5.73 Å². The molecule has 12 heteroatoms. The van der Waals surface area contributed by atoms with Crippen LogP contribution in [0.25, 0.3) is 0 Å². The molecule has 2 rings (SSSR count). The fourth-order valence-electron chi connectivity index (χ4n) is 1.78. The molecule has 2 aromatic rings. The molecule has 0 radical (unpaired) electrons. The van der Waals surface area contributed by atoms with Crippen LogP contribution in [0.15, 0.2) is 6.33 Å². The normalized spacial score (nSPS) is 10.4. The summed E-state index contributed by atoms with van der Waals surface area (Å²) in [5.74, 6) is 3.28. The van der Waals surface area contributed by atoms with Crippen molar-refractivity contribution in [3.63, 3.8) is 0 Å². The summed E-state index contributed by atoms with van der Waals surface area (Å²) in [6.45, 7) is 4.71. The molecule has 0 aliphatic rings. The number of nitrogens with one attached hydrogen (secondary N) is 4. The lowest BCUT2D eigenvalue weighted by atomic mass is 10.6. The van der Waals surface area contributed by atoms with Crippen LogP contribution >= 0.6 is 12.6 Å². The molecule has 0 saturated heterocycles. The van der Waals surface area contributed by atoms with E-state index < -0.39 is 0 Å². The highest BCUT2D eigenvalue weighted by Gasteiger charge is 2.06. The number of nitrogens with two attached hydrogens (primary N) is 1. The van der Waals surface area contributed by atoms with Crippen molar-refractivity contribution in [2.75, 3.05) is 59.7 Å². The van der Waals surface area contributed by atoms with Gasteiger partial charge in [0.05, 0.1) is 0 Å². The predicted molar refractivity (Wildman–Crippen MR) is 101 cm³/mol. The van der Waals surface area contributed by atoms with E-state index in [1.54, 1.807) is 0 Å². The lowest BCUT2D eigenvalue weighted by Crippen LogP contribution is -2.20. The molecule has 0 spiro atoms. The van der Waals surface area contributed by atoms with Gasteiger partial charge in [0.1, 0.15) is 12.2 Å². The Morgan fingerprint density at radius 1 is 0.800 bits per heavy atom. The Kier molecular flexibility index (Phi) is 7.85. The lowest BCUT2D eigenvalue weighted by Gasteiger charge is -2.11. The minimum Gasteiger partial charge on any atom is -0.353 e. The van der Waals surface area contributed by atoms with Gasteiger partial charge in [-0.25, -0.2) is 9.97 Å². The van der Waals surface area contributed by atoms with Gasteiger partial charge in [0, 0.05) is 38.5 Å². The Labute approximate surface area is 151 Å². The van der Waals surface area contributed by atoms with Crippen molar-refractivity contribution in [1.29, 1.82) is 0 Å². The molecule has 0 bridgehead atoms. The second-order valence-electron chi connectivity index (χ2n) is 4.88. The van der Waals surface area contributed by atoms with E-state index in [0.717, 1.165) is 0 Å². The lowest BCUT2D eigenvalue weighted by molar-refractivity contribution is 0.930. The van der Waals surface area contributed by atoms with E-state index in [9.17, 15) is 0 Å². The molecular weight excluding hydrogens is 342 g/mol. The van der Waals surface area contributed by atoms with E-state index in [1.165, 1.54) is 6.33 Å². The van der Waals surface area contributed by atoms with Gasteiger partial charge in [0.15, 0.2) is 0 Å². The SMILES string of the molecule is Cc1ncnc(NCCNc2nc(NCCN)nc(NCCS)n2)n1. The minimum atomic E-state index is 0.463. The van der Waals surface area contributed by atoms with Gasteiger partial charge in [0.25, 0.3) is 0 Å². The quantitative estimate of drug-likeness (QED) is 0.228. The number of thiol groups is 1. The smallest absolute Gasteiger partial charge is 0.229 e. The van der Waals surface area contributed by atoms with E-state index in [0.29, 0.717) is 68.1 Å². The molecule has 0 aliphatic carbocycles. The highest BCUT2D eigenvalue weighted by molar-refractivity contribution is 7.80. The molecule has 136 valence electrons. The summed E-state index contributed by atoms with van der Waals surface area (Å²) in [5.41, 5.74) is 5.50. The van der Waals surface area contributed by atoms with Crippen molar-refractivity contribution >= 4 is 36.4 Å². The molecule has 2 aromatic heterocycles. The largest absolute Gasteiger partial charge is 0.353 e. The van der Waals surface area contributed by atoms with Crippen LogP contribution < -0.4 is 27.0 Å². The number of anilines is 4. The molecule has 0 fully saturated rings. The molecule has 6 N–H and O–H groups in total. The van der Waals surface area contributed by atoms with Gasteiger partial charge in [-0.05, 0) is 6.92 Å². The first-order valence-corrected chi connectivity index (χ1v) is 8.52. The monoisotopic (exact) mass is 365 g/mol. The molecule has 25 heavy (non-hydrogen) atoms. The van der Waals surface area contributed by atoms with Crippen LogP contribution in [-0.4, -0.2) is 68.4 Å². The van der Waals surface area contributed by atoms with Crippen LogP contribution in [0.4, 0.5) is 23.8 Å². The number of hydrogen-bond acceptors (Lipinski definition) is 12. The first-order valence-electron chi connectivity index (χ1n) is 7.89. The topological polar surface area (TPSA) is 151 Å². The number of aryl methyl sites for hydroxylation is 1. The Morgan fingerprint density at radius 2 is 1.36 bits per heavy atom. The summed E-state index contributed by atoms with van der Waals surface area (Å²) in [5, 5.41) is 12.4. The number of rotatable bonds is 11. The molecule has 2 heterocycles. The fourth-order valence-corrected chi connectivity index (χ4v) is 1.89. The second kappa shape index (κ2) is 10.4. The first kappa shape index (κ1) is 18.9. The molecule has 0 amide bonds. The van der Waals surface area contributed by atoms with E-state index in [-0.39, 0.29) is 0 Å². The number of aromatic nitrogens is 6. The molecule has 0 saturated carbocycles. The predicted octanol–water partition coefficient (Wildman–Crippen LogP) is -0.399. The Balaban J connectivity index is 1.90. The summed E-state index contributed by atoms with van der Waals surface area (Å²) in [7, 11) is 0. The number of nitrogens with zero attached hydrogens (tertiary/aromatic N) is 6. The molecule has 11 nitrogen and oxygen atoms in total. The van der Waals surface area contributed by atoms with Crippen molar-refractivity contribution in [3.05, 3.63) is 12.2 Å². The summed E-state index contributed by atoms with van der Waals surface area (Å²) in [6.07, 6.45) is 1.47. The van der Waals surface area contributed by atoms with Crippen LogP contribution in [0.1, 0.15) is 5.82 Å². The zero-order chi connectivity index (χ0) is 17.9. The van der Waals surface area contributed by atoms with Gasteiger partial charge in [-0.2, -0.15) is 32.6 Å². The fraction of sp³-hybridized carbons (Fsp3) is 0.538. The van der Waals surface area contributed by atoms with Gasteiger partial charge in [0.2, 0.25) is 23.8 Å². The van der Waals surface area contributed by atoms with Gasteiger partial charge in [-0.1, -0.05) is 0 Å². The van der Waals surface area contributed by atoms with Crippen LogP contribution in [0, 0.1) is 6.92 Å². The maximum atomic E-state index is 5.50. The molecular formula is C13H23N11S. The van der Waals surface area contributed by atoms with Gasteiger partial charge in [-0.15, -0.1) is 0 Å². The van der Waals surface area contributed by atoms with Gasteiger partial charge < -0.3 is 27.0 Å². The Bertz CT molecular complexity index is 627. The third kappa shape index (κ3) is 6.89. The average molecular weight is 365 g/mol. The minimum absolute atomic E-state index is 0.463. The van der Waals surface area contributed by atoms with Crippen molar-refractivity contribution in [2.45, 2.75) is 6.92 Å². The Morgan fingerprint density at radius 3 is 1.92 bits per heavy atom. The standard InChI is InChI=1S/C13H23N11S/c1-9-19-8-20-10(21-9)16-4-5-17-12-22-11(15-3-2-14)23-13(24-12)18-6-7-25/h8,25H,2-7,14H2,1H3,(H,16,19,20,21)(H3,15,17,18,22,23,24). The van der Waals surface area contributed by atoms with Crippen LogP contribution in [0.5, 0.6) is 0 Å². The molecule has 0 aromatic carbocycles. The van der Waals surface area contributed by atoms with E-state index in [2.05, 4.69) is 63.8 Å². The van der Waals surface area contributed by atoms with E-state index >= 15 is 0 Å². The maximum Gasteiger partial charge on any atom is 0.229 e. The summed E-state index contributed by atoms with van der Waals surface area (Å²) < 4.78 is 0. The third-order valence-electron chi connectivity index (χ3n) is 2.84. The summed E-state index contributed by atoms with van der Waals surface area (Å²) >= 11 is 4.16. The van der Waals surface area contributed by atoms with Crippen LogP contribution in [-0.2, 0) is 0 Å². The highest BCUT2D eigenvalue weighted by atomic mass is 32.1. The summed E-state index contributed by atoms with van der Waals surface area (Å²) in [4.78, 5) is 25.1. The molecule has 0 unspecified atom stereocenters. The zero-order valence-electron chi connectivity index (χ0n) is 14.0. The maximum absolute atomic E-state index is 5.50. The van der Waals surface area contributed by atoms with Crippen molar-refractivity contribution in [1.82, 2.24) is 29.9 Å². The first-order chi connectivity index (χ1) is 12.2. The van der Waals surface area contributed by atoms with E-state index in [1.807, 2.05) is 6.92 Å². The molecule has 0 aliphatic heterocycles. The van der Waals surface area contributed by atoms with Crippen molar-refractivity contribution in [3.8, 4) is 0 Å². The van der Waals surface area contributed by atoms with Crippen LogP contribution in [0.2, 0.25) is 0 Å². The zero-order valence-corrected chi connectivity index (χ0v) is 14.9. The van der Waals surface area contributed by atoms with Crippen molar-refractivity contribution in [2.24, 2.45) is 5.73 Å². The Hall–Kier alpha value is -2.47. The van der Waals surface area contributed by atoms with Crippen molar-refractivity contribution < 1.29 is 0 Å².